The fourth-order valence-electron chi connectivity index (χ4n) is 0.385. The molecule has 10 heteroatoms. The van der Waals surface area contributed by atoms with E-state index in [-0.39, 0.29) is 23.5 Å². The van der Waals surface area contributed by atoms with E-state index in [2.05, 4.69) is 21.4 Å². The van der Waals surface area contributed by atoms with E-state index >= 15 is 0 Å². The van der Waals surface area contributed by atoms with E-state index in [1.165, 1.54) is 0 Å². The van der Waals surface area contributed by atoms with Crippen LogP contribution in [0.2, 0.25) is 0 Å². The van der Waals surface area contributed by atoms with Gasteiger partial charge in [0.1, 0.15) is 0 Å². The zero-order chi connectivity index (χ0) is 8.74. The van der Waals surface area contributed by atoms with Gasteiger partial charge in [-0.3, -0.25) is 23.5 Å². The number of hydrogen-bond acceptors (Lipinski definition) is 2. The Balaban J connectivity index is -0.0000000241. The second kappa shape index (κ2) is 19.9. The van der Waals surface area contributed by atoms with Crippen LogP contribution < -0.4 is 0 Å². The van der Waals surface area contributed by atoms with Gasteiger partial charge in [0.25, 0.3) is 0 Å². The minimum atomic E-state index is -3.72. The Morgan fingerprint density at radius 3 is 0.688 bits per heavy atom. The van der Waals surface area contributed by atoms with Gasteiger partial charge < -0.3 is 0 Å². The van der Waals surface area contributed by atoms with Crippen molar-refractivity contribution < 1.29 is 31.9 Å². The predicted molar refractivity (Wildman–Crippen MR) is 59.6 cm³/mol. The number of hydrogen-bond donors (Lipinski definition) is 0. The zero-order valence-electron chi connectivity index (χ0n) is 7.49. The van der Waals surface area contributed by atoms with Crippen LogP contribution >= 0.6 is 21.4 Å². The topological polar surface area (TPSA) is 34.1 Å². The maximum atomic E-state index is 9.16. The molecule has 0 radical (unpaired) electrons. The number of halogens is 7. The van der Waals surface area contributed by atoms with E-state index in [0.717, 1.165) is 0 Å². The van der Waals surface area contributed by atoms with Crippen LogP contribution in [0.1, 0.15) is 0 Å². The molecule has 1 rings (SSSR count). The maximum Gasteiger partial charge on any atom is 0.317 e. The molecule has 102 valence electrons. The number of benzene rings is 1. The van der Waals surface area contributed by atoms with E-state index in [1.54, 1.807) is 0 Å². The lowest BCUT2D eigenvalue weighted by Crippen LogP contribution is -1.63. The molecule has 0 saturated heterocycles. The molecule has 0 N–H and O–H groups in total. The SMILES string of the molecule is F.F.F.F.F.O=S(=O)(Cl)Cl.c1ccccc1. The third kappa shape index (κ3) is 70.7. The molecule has 0 aliphatic rings. The minimum absolute atomic E-state index is 0. The Kier molecular flexibility index (Phi) is 44.9. The van der Waals surface area contributed by atoms with E-state index in [9.17, 15) is 0 Å². The Hall–Kier alpha value is -0.600. The van der Waals surface area contributed by atoms with Crippen molar-refractivity contribution in [1.82, 2.24) is 0 Å². The molecule has 0 heterocycles. The highest BCUT2D eigenvalue weighted by Crippen LogP contribution is 1.98. The molecular formula is C6H11Cl2F5O2S. The first kappa shape index (κ1) is 36.1. The smallest absolute Gasteiger partial charge is 0.269 e. The van der Waals surface area contributed by atoms with Gasteiger partial charge in [-0.05, 0) is 0 Å². The zero-order valence-corrected chi connectivity index (χ0v) is 9.81. The molecule has 0 atom stereocenters. The lowest BCUT2D eigenvalue weighted by molar-refractivity contribution is 0.621. The van der Waals surface area contributed by atoms with E-state index in [1.807, 2.05) is 36.4 Å². The summed E-state index contributed by atoms with van der Waals surface area (Å²) in [6.45, 7) is 0. The summed E-state index contributed by atoms with van der Waals surface area (Å²) >= 11 is 0. The van der Waals surface area contributed by atoms with Crippen molar-refractivity contribution in [2.75, 3.05) is 0 Å². The highest BCUT2D eigenvalue weighted by molar-refractivity contribution is 8.31. The van der Waals surface area contributed by atoms with Crippen molar-refractivity contribution in [2.24, 2.45) is 0 Å². The molecule has 0 fully saturated rings. The van der Waals surface area contributed by atoms with Gasteiger partial charge in [-0.15, -0.1) is 0 Å². The van der Waals surface area contributed by atoms with Crippen molar-refractivity contribution in [3.8, 4) is 0 Å². The van der Waals surface area contributed by atoms with Crippen LogP contribution in [-0.2, 0) is 8.26 Å². The average molecular weight is 313 g/mol. The predicted octanol–water partition coefficient (Wildman–Crippen LogP) is 3.16. The van der Waals surface area contributed by atoms with Crippen LogP contribution in [0.15, 0.2) is 36.4 Å². The van der Waals surface area contributed by atoms with Gasteiger partial charge >= 0.3 is 8.26 Å². The molecule has 0 unspecified atom stereocenters. The minimum Gasteiger partial charge on any atom is -0.269 e. The first-order valence-electron chi connectivity index (χ1n) is 2.64. The van der Waals surface area contributed by atoms with Crippen LogP contribution in [0.4, 0.5) is 23.5 Å². The summed E-state index contributed by atoms with van der Waals surface area (Å²) in [7, 11) is 4.81. The molecule has 0 aliphatic carbocycles. The molecule has 0 aromatic heterocycles. The monoisotopic (exact) mass is 312 g/mol. The molecule has 0 saturated carbocycles. The fourth-order valence-corrected chi connectivity index (χ4v) is 0.385. The van der Waals surface area contributed by atoms with Crippen LogP contribution in [0.25, 0.3) is 0 Å². The normalized spacial score (nSPS) is 6.62. The molecule has 16 heavy (non-hydrogen) atoms. The van der Waals surface area contributed by atoms with Crippen molar-refractivity contribution in [3.05, 3.63) is 36.4 Å². The molecule has 0 amide bonds. The molecule has 0 spiro atoms. The van der Waals surface area contributed by atoms with E-state index in [4.69, 9.17) is 8.42 Å². The van der Waals surface area contributed by atoms with Crippen molar-refractivity contribution in [2.45, 2.75) is 0 Å². The quantitative estimate of drug-likeness (QED) is 0.545. The van der Waals surface area contributed by atoms with E-state index < -0.39 is 8.26 Å². The molecule has 0 bridgehead atoms. The highest BCUT2D eigenvalue weighted by Gasteiger charge is 1.88. The molecule has 1 aromatic rings. The van der Waals surface area contributed by atoms with Crippen LogP contribution in [0.5, 0.6) is 0 Å². The summed E-state index contributed by atoms with van der Waals surface area (Å²) in [6.07, 6.45) is 0. The van der Waals surface area contributed by atoms with E-state index in [0.29, 0.717) is 0 Å². The van der Waals surface area contributed by atoms with Gasteiger partial charge in [-0.25, -0.2) is 0 Å². The van der Waals surface area contributed by atoms with Gasteiger partial charge in [0.15, 0.2) is 0 Å². The van der Waals surface area contributed by atoms with Crippen molar-refractivity contribution in [3.63, 3.8) is 0 Å². The Bertz CT molecular complexity index is 250. The van der Waals surface area contributed by atoms with Crippen LogP contribution in [0, 0.1) is 0 Å². The maximum absolute atomic E-state index is 9.16. The standard InChI is InChI=1S/C6H6.Cl2O2S.5FH/c1-2-4-6-5-3-1;1-5(2,3)4;;;;;/h1-6H;;5*1H. The summed E-state index contributed by atoms with van der Waals surface area (Å²) in [5.41, 5.74) is 0. The van der Waals surface area contributed by atoms with Crippen molar-refractivity contribution in [1.29, 1.82) is 0 Å². The van der Waals surface area contributed by atoms with Gasteiger partial charge in [0.05, 0.1) is 0 Å². The lowest BCUT2D eigenvalue weighted by atomic mass is 10.4. The lowest BCUT2D eigenvalue weighted by Gasteiger charge is -1.69. The first-order chi connectivity index (χ1) is 5.00. The summed E-state index contributed by atoms with van der Waals surface area (Å²) in [5.74, 6) is 0. The molecule has 0 aliphatic heterocycles. The number of rotatable bonds is 0. The summed E-state index contributed by atoms with van der Waals surface area (Å²) in [5, 5.41) is 0. The molecule has 1 aromatic carbocycles. The fraction of sp³-hybridized carbons (Fsp3) is 0. The van der Waals surface area contributed by atoms with Gasteiger partial charge in [-0.1, -0.05) is 36.4 Å². The second-order valence-corrected chi connectivity index (χ2v) is 5.20. The third-order valence-electron chi connectivity index (χ3n) is 0.667. The third-order valence-corrected chi connectivity index (χ3v) is 0.667. The first-order valence-corrected chi connectivity index (χ1v) is 5.78. The van der Waals surface area contributed by atoms with Crippen LogP contribution in [0.3, 0.4) is 0 Å². The largest absolute Gasteiger partial charge is 0.317 e. The average Bonchev–Trinajstić information content (AvgIpc) is 1.88. The highest BCUT2D eigenvalue weighted by atomic mass is 36.0. The van der Waals surface area contributed by atoms with Crippen molar-refractivity contribution >= 4 is 29.6 Å². The molecular weight excluding hydrogens is 302 g/mol. The Morgan fingerprint density at radius 1 is 0.562 bits per heavy atom. The van der Waals surface area contributed by atoms with Gasteiger partial charge in [0.2, 0.25) is 0 Å². The molecule has 2 nitrogen and oxygen atoms in total. The summed E-state index contributed by atoms with van der Waals surface area (Å²) in [6, 6.07) is 12.0. The summed E-state index contributed by atoms with van der Waals surface area (Å²) < 4.78 is 18.3. The Morgan fingerprint density at radius 2 is 0.625 bits per heavy atom. The van der Waals surface area contributed by atoms with Crippen LogP contribution in [-0.4, -0.2) is 8.42 Å². The van der Waals surface area contributed by atoms with Gasteiger partial charge in [-0.2, -0.15) is 8.42 Å². The summed E-state index contributed by atoms with van der Waals surface area (Å²) in [4.78, 5) is 0. The second-order valence-electron chi connectivity index (χ2n) is 1.53. The van der Waals surface area contributed by atoms with Gasteiger partial charge in [0, 0.05) is 21.4 Å². The Labute approximate surface area is 98.3 Å².